The molecule has 0 saturated heterocycles. The fraction of sp³-hybridized carbons (Fsp3) is 0.696. The van der Waals surface area contributed by atoms with E-state index in [-0.39, 0.29) is 25.7 Å². The Morgan fingerprint density at radius 2 is 0.551 bits per heavy atom. The number of phosphoric ester groups is 2. The number of phosphoric acid groups is 2. The average molecular weight is 1420 g/mol. The van der Waals surface area contributed by atoms with Crippen LogP contribution in [-0.2, 0) is 65.4 Å². The molecule has 19 heteroatoms. The van der Waals surface area contributed by atoms with Gasteiger partial charge in [0.15, 0.2) is 12.2 Å². The molecule has 0 spiro atoms. The van der Waals surface area contributed by atoms with Crippen LogP contribution in [0.25, 0.3) is 0 Å². The van der Waals surface area contributed by atoms with Gasteiger partial charge in [-0.2, -0.15) is 0 Å². The minimum atomic E-state index is -5.00. The molecule has 0 aliphatic rings. The molecule has 0 aromatic rings. The summed E-state index contributed by atoms with van der Waals surface area (Å²) < 4.78 is 68.3. The van der Waals surface area contributed by atoms with Crippen molar-refractivity contribution in [2.24, 2.45) is 0 Å². The Kier molecular flexibility index (Phi) is 67.6. The van der Waals surface area contributed by atoms with Crippen molar-refractivity contribution in [3.63, 3.8) is 0 Å². The molecule has 5 atom stereocenters. The van der Waals surface area contributed by atoms with Crippen molar-refractivity contribution in [1.29, 1.82) is 0 Å². The normalized spacial score (nSPS) is 14.6. The molecule has 562 valence electrons. The van der Waals surface area contributed by atoms with E-state index in [0.717, 1.165) is 141 Å². The van der Waals surface area contributed by atoms with Gasteiger partial charge in [0.05, 0.1) is 26.4 Å². The first kappa shape index (κ1) is 93.5. The van der Waals surface area contributed by atoms with E-state index in [1.807, 2.05) is 0 Å². The van der Waals surface area contributed by atoms with E-state index >= 15 is 0 Å². The van der Waals surface area contributed by atoms with Gasteiger partial charge in [-0.15, -0.1) is 0 Å². The topological polar surface area (TPSA) is 237 Å². The van der Waals surface area contributed by atoms with Gasteiger partial charge in [0.2, 0.25) is 0 Å². The molecule has 0 heterocycles. The molecule has 3 N–H and O–H groups in total. The fourth-order valence-electron chi connectivity index (χ4n) is 9.71. The van der Waals surface area contributed by atoms with Crippen LogP contribution < -0.4 is 0 Å². The molecule has 0 amide bonds. The lowest BCUT2D eigenvalue weighted by atomic mass is 10.0. The van der Waals surface area contributed by atoms with E-state index in [1.54, 1.807) is 0 Å². The summed E-state index contributed by atoms with van der Waals surface area (Å²) in [6.45, 7) is 4.47. The molecule has 0 fully saturated rings. The fourth-order valence-corrected chi connectivity index (χ4v) is 11.3. The molecule has 0 aliphatic heterocycles. The largest absolute Gasteiger partial charge is 0.472 e. The smallest absolute Gasteiger partial charge is 0.462 e. The average Bonchev–Trinajstić information content (AvgIpc) is 1.04. The summed E-state index contributed by atoms with van der Waals surface area (Å²) >= 11 is 0. The third-order valence-corrected chi connectivity index (χ3v) is 17.3. The molecule has 0 bridgehead atoms. The van der Waals surface area contributed by atoms with Gasteiger partial charge in [0.1, 0.15) is 19.3 Å². The summed E-state index contributed by atoms with van der Waals surface area (Å²) in [7, 11) is -9.98. The second-order valence-corrected chi connectivity index (χ2v) is 27.7. The van der Waals surface area contributed by atoms with Crippen LogP contribution in [0.2, 0.25) is 0 Å². The Balaban J connectivity index is 5.42. The first-order valence-corrected chi connectivity index (χ1v) is 40.8. The van der Waals surface area contributed by atoms with Gasteiger partial charge in [-0.1, -0.05) is 265 Å². The van der Waals surface area contributed by atoms with Crippen LogP contribution in [-0.4, -0.2) is 96.7 Å². The maximum Gasteiger partial charge on any atom is 0.472 e. The molecule has 0 saturated carbocycles. The van der Waals surface area contributed by atoms with Crippen LogP contribution in [0.3, 0.4) is 0 Å². The van der Waals surface area contributed by atoms with Crippen LogP contribution in [0.15, 0.2) is 122 Å². The van der Waals surface area contributed by atoms with Crippen LogP contribution in [0.1, 0.15) is 297 Å². The van der Waals surface area contributed by atoms with Crippen molar-refractivity contribution in [2.75, 3.05) is 39.6 Å². The number of hydrogen-bond acceptors (Lipinski definition) is 15. The number of hydrogen-bond donors (Lipinski definition) is 3. The zero-order chi connectivity index (χ0) is 71.8. The van der Waals surface area contributed by atoms with Crippen molar-refractivity contribution in [1.82, 2.24) is 0 Å². The van der Waals surface area contributed by atoms with Crippen molar-refractivity contribution in [2.45, 2.75) is 316 Å². The molecule has 0 aliphatic carbocycles. The summed E-state index contributed by atoms with van der Waals surface area (Å²) in [5.41, 5.74) is 0. The molecule has 0 rings (SSSR count). The summed E-state index contributed by atoms with van der Waals surface area (Å²) in [4.78, 5) is 72.8. The number of rotatable bonds is 70. The summed E-state index contributed by atoms with van der Waals surface area (Å²) in [6.07, 6.45) is 76.3. The van der Waals surface area contributed by atoms with Gasteiger partial charge < -0.3 is 33.8 Å². The Hall–Kier alpha value is -4.54. The first-order valence-electron chi connectivity index (χ1n) is 37.8. The highest BCUT2D eigenvalue weighted by Gasteiger charge is 2.30. The van der Waals surface area contributed by atoms with Gasteiger partial charge in [-0.25, -0.2) is 9.13 Å². The summed E-state index contributed by atoms with van der Waals surface area (Å²) in [6, 6.07) is 0. The Morgan fingerprint density at radius 3 is 0.878 bits per heavy atom. The van der Waals surface area contributed by atoms with Gasteiger partial charge in [0, 0.05) is 25.7 Å². The van der Waals surface area contributed by atoms with Crippen LogP contribution in [0, 0.1) is 0 Å². The van der Waals surface area contributed by atoms with E-state index < -0.39 is 97.5 Å². The van der Waals surface area contributed by atoms with Gasteiger partial charge in [0.25, 0.3) is 0 Å². The number of carbonyl (C=O) groups excluding carboxylic acids is 4. The number of carbonyl (C=O) groups is 4. The number of esters is 4. The second kappa shape index (κ2) is 70.9. The zero-order valence-corrected chi connectivity index (χ0v) is 63.0. The first-order chi connectivity index (χ1) is 47.7. The van der Waals surface area contributed by atoms with Gasteiger partial charge >= 0.3 is 39.5 Å². The summed E-state index contributed by atoms with van der Waals surface area (Å²) in [5, 5.41) is 10.6. The third kappa shape index (κ3) is 69.9. The quantitative estimate of drug-likeness (QED) is 0.0169. The predicted octanol–water partition coefficient (Wildman–Crippen LogP) is 21.6. The van der Waals surface area contributed by atoms with E-state index in [4.69, 9.17) is 37.0 Å². The molecule has 5 unspecified atom stereocenters. The molecular weight excluding hydrogens is 1280 g/mol. The Labute approximate surface area is 593 Å². The van der Waals surface area contributed by atoms with Crippen molar-refractivity contribution < 1.29 is 80.2 Å². The SMILES string of the molecule is CC/C=C\C/C=C\C/C=C\C/C=C\CCCCC(=O)OCC(COP(=O)(O)OCC(O)COP(=O)(O)OCC(COC(=O)CCCCCCCCCCCCCCCCC)OC(=O)CCCCCCC/C=C\C/C=C\CCC)OC(=O)CCCC/C=C\C/C=C\C/C=C\C/C=C\CC. The maximum absolute atomic E-state index is 13.1. The number of ether oxygens (including phenoxy) is 4. The van der Waals surface area contributed by atoms with Crippen molar-refractivity contribution >= 4 is 39.5 Å². The monoisotopic (exact) mass is 1420 g/mol. The lowest BCUT2D eigenvalue weighted by molar-refractivity contribution is -0.161. The highest BCUT2D eigenvalue weighted by atomic mass is 31.2. The third-order valence-electron chi connectivity index (χ3n) is 15.4. The number of allylic oxidation sites excluding steroid dienone is 20. The van der Waals surface area contributed by atoms with E-state index in [1.165, 1.54) is 70.6 Å². The van der Waals surface area contributed by atoms with Crippen molar-refractivity contribution in [3.05, 3.63) is 122 Å². The van der Waals surface area contributed by atoms with E-state index in [0.29, 0.717) is 32.1 Å². The van der Waals surface area contributed by atoms with Gasteiger partial charge in [-0.05, 0) is 128 Å². The predicted molar refractivity (Wildman–Crippen MR) is 399 cm³/mol. The number of aliphatic hydroxyl groups excluding tert-OH is 1. The van der Waals surface area contributed by atoms with E-state index in [9.17, 15) is 43.2 Å². The lowest BCUT2D eigenvalue weighted by Crippen LogP contribution is -2.30. The number of aliphatic hydroxyl groups is 1. The second-order valence-electron chi connectivity index (χ2n) is 24.8. The molecule has 0 aromatic carbocycles. The zero-order valence-electron chi connectivity index (χ0n) is 61.2. The molecular formula is C79H134O17P2. The Morgan fingerprint density at radius 1 is 0.296 bits per heavy atom. The van der Waals surface area contributed by atoms with Crippen LogP contribution in [0.4, 0.5) is 0 Å². The maximum atomic E-state index is 13.1. The Bertz CT molecular complexity index is 2340. The van der Waals surface area contributed by atoms with Gasteiger partial charge in [-0.3, -0.25) is 37.3 Å². The molecule has 0 radical (unpaired) electrons. The molecule has 17 nitrogen and oxygen atoms in total. The highest BCUT2D eigenvalue weighted by molar-refractivity contribution is 7.47. The lowest BCUT2D eigenvalue weighted by Gasteiger charge is -2.21. The minimum Gasteiger partial charge on any atom is -0.462 e. The van der Waals surface area contributed by atoms with Crippen LogP contribution >= 0.6 is 15.6 Å². The molecule has 0 aromatic heterocycles. The minimum absolute atomic E-state index is 0.0307. The standard InChI is InChI=1S/C79H134O17P2/c1-5-9-13-17-21-25-29-33-36-40-43-47-51-55-59-63-76(81)89-69-74(95-78(83)65-61-57-53-49-45-39-32-28-24-20-16-12-8-4)71-93-97(85,86)91-67-73(80)68-92-98(87,88)94-72-75(96-79(84)66-62-58-54-50-46-42-38-35-31-27-23-19-15-11-7-3)70-90-77(82)64-60-56-52-48-44-41-37-34-30-26-22-18-14-10-6-2/h10-11,14-16,20,22-23,26-28,32,34-35,37-38,44,46,48,50,73-75,80H,5-9,12-13,17-19,21,24-25,29-31,33,36,39-43,45,47,49,51-72H2,1-4H3,(H,85,86)(H,87,88)/b14-10-,15-11-,20-16-,26-22-,27-23-,32-28-,37-34-,38-35-,48-44-,50-46-. The number of unbranched alkanes of at least 4 members (excludes halogenated alkanes) is 24. The highest BCUT2D eigenvalue weighted by Crippen LogP contribution is 2.45. The van der Waals surface area contributed by atoms with E-state index in [2.05, 4.69) is 149 Å². The molecule has 98 heavy (non-hydrogen) atoms. The van der Waals surface area contributed by atoms with Crippen LogP contribution in [0.5, 0.6) is 0 Å². The summed E-state index contributed by atoms with van der Waals surface area (Å²) in [5.74, 6) is -2.28. The van der Waals surface area contributed by atoms with Crippen molar-refractivity contribution in [3.8, 4) is 0 Å².